The third-order valence-corrected chi connectivity index (χ3v) is 6.00. The fraction of sp³-hybridized carbons (Fsp3) is 0.267. The predicted molar refractivity (Wildman–Crippen MR) is 83.9 cm³/mol. The van der Waals surface area contributed by atoms with Gasteiger partial charge in [-0.1, -0.05) is 60.8 Å². The van der Waals surface area contributed by atoms with Crippen molar-refractivity contribution in [2.75, 3.05) is 0 Å². The average Bonchev–Trinajstić information content (AvgIpc) is 2.39. The molecular formula is C15H19NSi2. The van der Waals surface area contributed by atoms with E-state index < -0.39 is 8.80 Å². The molecule has 0 amide bonds. The molecule has 0 N–H and O–H groups in total. The maximum absolute atomic E-state index is 4.52. The Kier molecular flexibility index (Phi) is 4.14. The molecule has 0 unspecified atom stereocenters. The Morgan fingerprint density at radius 3 is 2.17 bits per heavy atom. The molecule has 1 nitrogen and oxygen atoms in total. The van der Waals surface area contributed by atoms with E-state index in [2.05, 4.69) is 67.6 Å². The zero-order valence-corrected chi connectivity index (χ0v) is 13.5. The molecule has 0 aliphatic heterocycles. The van der Waals surface area contributed by atoms with E-state index in [0.29, 0.717) is 0 Å². The molecule has 0 saturated heterocycles. The van der Waals surface area contributed by atoms with Crippen molar-refractivity contribution in [2.24, 2.45) is 0 Å². The van der Waals surface area contributed by atoms with Crippen LogP contribution in [0.4, 0.5) is 0 Å². The summed E-state index contributed by atoms with van der Waals surface area (Å²) >= 11 is 0. The summed E-state index contributed by atoms with van der Waals surface area (Å²) in [5, 5.41) is 2.93. The highest BCUT2D eigenvalue weighted by molar-refractivity contribution is 6.71. The van der Waals surface area contributed by atoms with Crippen LogP contribution in [0.5, 0.6) is 0 Å². The van der Waals surface area contributed by atoms with E-state index in [1.165, 1.54) is 15.9 Å². The van der Waals surface area contributed by atoms with Crippen LogP contribution in [0.3, 0.4) is 0 Å². The molecule has 1 heterocycles. The minimum absolute atomic E-state index is 0.389. The van der Waals surface area contributed by atoms with Gasteiger partial charge in [-0.3, -0.25) is 4.98 Å². The van der Waals surface area contributed by atoms with Crippen molar-refractivity contribution in [1.29, 1.82) is 0 Å². The lowest BCUT2D eigenvalue weighted by molar-refractivity contribution is 1.34. The van der Waals surface area contributed by atoms with E-state index in [4.69, 9.17) is 0 Å². The minimum Gasteiger partial charge on any atom is -0.256 e. The molecule has 2 rings (SSSR count). The van der Waals surface area contributed by atoms with E-state index in [9.17, 15) is 0 Å². The monoisotopic (exact) mass is 269 g/mol. The first kappa shape index (κ1) is 13.2. The summed E-state index contributed by atoms with van der Waals surface area (Å²) in [5.74, 6) is 0. The van der Waals surface area contributed by atoms with E-state index in [1.807, 2.05) is 6.20 Å². The van der Waals surface area contributed by atoms with Gasteiger partial charge in [-0.05, 0) is 17.7 Å². The van der Waals surface area contributed by atoms with Crippen LogP contribution < -0.4 is 10.4 Å². The Morgan fingerprint density at radius 1 is 0.833 bits per heavy atom. The van der Waals surface area contributed by atoms with Crippen LogP contribution in [-0.4, -0.2) is 22.6 Å². The Labute approximate surface area is 113 Å². The first-order valence-electron chi connectivity index (χ1n) is 6.25. The number of hydrogen-bond acceptors (Lipinski definition) is 1. The standard InChI is InChI=1S/C15H19NSi2/c1-17(2)13-7-5-6-12(10-13)15-11-14(18(3)4)8-9-16-15/h5-11H,1-4H3. The average molecular weight is 269 g/mol. The first-order valence-corrected chi connectivity index (χ1v) is 11.3. The molecule has 2 radical (unpaired) electrons. The van der Waals surface area contributed by atoms with Crippen molar-refractivity contribution in [3.8, 4) is 11.3 Å². The van der Waals surface area contributed by atoms with Gasteiger partial charge in [0.05, 0.1) is 23.3 Å². The second-order valence-corrected chi connectivity index (χ2v) is 10.2. The van der Waals surface area contributed by atoms with Crippen LogP contribution in [0.2, 0.25) is 26.2 Å². The highest BCUT2D eigenvalue weighted by Crippen LogP contribution is 2.14. The van der Waals surface area contributed by atoms with Gasteiger partial charge in [0.25, 0.3) is 0 Å². The number of aromatic nitrogens is 1. The van der Waals surface area contributed by atoms with Gasteiger partial charge in [0.1, 0.15) is 0 Å². The largest absolute Gasteiger partial charge is 0.256 e. The lowest BCUT2D eigenvalue weighted by Crippen LogP contribution is -2.23. The summed E-state index contributed by atoms with van der Waals surface area (Å²) in [6, 6.07) is 13.3. The summed E-state index contributed by atoms with van der Waals surface area (Å²) in [5.41, 5.74) is 2.37. The molecule has 92 valence electrons. The molecule has 0 aliphatic carbocycles. The topological polar surface area (TPSA) is 12.9 Å². The maximum atomic E-state index is 4.52. The van der Waals surface area contributed by atoms with Crippen LogP contribution in [-0.2, 0) is 0 Å². The van der Waals surface area contributed by atoms with E-state index in [-0.39, 0.29) is 8.80 Å². The van der Waals surface area contributed by atoms with E-state index in [1.54, 1.807) is 0 Å². The zero-order valence-electron chi connectivity index (χ0n) is 11.5. The number of hydrogen-bond donors (Lipinski definition) is 0. The highest BCUT2D eigenvalue weighted by Gasteiger charge is 2.07. The lowest BCUT2D eigenvalue weighted by Gasteiger charge is -2.09. The number of benzene rings is 1. The van der Waals surface area contributed by atoms with Gasteiger partial charge in [0.15, 0.2) is 0 Å². The maximum Gasteiger partial charge on any atom is 0.0793 e. The first-order chi connectivity index (χ1) is 8.58. The van der Waals surface area contributed by atoms with Crippen molar-refractivity contribution in [2.45, 2.75) is 26.2 Å². The SMILES string of the molecule is C[Si](C)c1cccc(-c2cc([Si](C)C)ccn2)c1. The van der Waals surface area contributed by atoms with E-state index in [0.717, 1.165) is 5.69 Å². The Morgan fingerprint density at radius 2 is 1.50 bits per heavy atom. The zero-order chi connectivity index (χ0) is 13.1. The van der Waals surface area contributed by atoms with Crippen molar-refractivity contribution in [1.82, 2.24) is 4.98 Å². The van der Waals surface area contributed by atoms with Gasteiger partial charge in [-0.2, -0.15) is 0 Å². The third-order valence-electron chi connectivity index (χ3n) is 3.07. The number of rotatable bonds is 3. The van der Waals surface area contributed by atoms with Gasteiger partial charge < -0.3 is 0 Å². The van der Waals surface area contributed by atoms with Gasteiger partial charge >= 0.3 is 0 Å². The molecule has 1 aromatic heterocycles. The molecule has 2 aromatic rings. The number of pyridine rings is 1. The fourth-order valence-electron chi connectivity index (χ4n) is 1.89. The molecule has 0 spiro atoms. The summed E-state index contributed by atoms with van der Waals surface area (Å²) in [6.07, 6.45) is 1.94. The number of nitrogens with zero attached hydrogens (tertiary/aromatic N) is 1. The van der Waals surface area contributed by atoms with Crippen molar-refractivity contribution < 1.29 is 0 Å². The molecule has 0 bridgehead atoms. The Hall–Kier alpha value is -1.20. The van der Waals surface area contributed by atoms with Gasteiger partial charge in [0.2, 0.25) is 0 Å². The molecular weight excluding hydrogens is 250 g/mol. The molecule has 0 atom stereocenters. The second-order valence-electron chi connectivity index (χ2n) is 5.01. The summed E-state index contributed by atoms with van der Waals surface area (Å²) in [6.45, 7) is 9.29. The minimum atomic E-state index is -0.401. The van der Waals surface area contributed by atoms with Crippen molar-refractivity contribution >= 4 is 28.0 Å². The quantitative estimate of drug-likeness (QED) is 0.781. The smallest absolute Gasteiger partial charge is 0.0793 e. The van der Waals surface area contributed by atoms with E-state index >= 15 is 0 Å². The Balaban J connectivity index is 2.42. The van der Waals surface area contributed by atoms with Gasteiger partial charge in [-0.15, -0.1) is 0 Å². The van der Waals surface area contributed by atoms with Crippen LogP contribution in [0, 0.1) is 0 Å². The molecule has 0 saturated carbocycles. The normalized spacial score (nSPS) is 11.2. The summed E-state index contributed by atoms with van der Waals surface area (Å²) in [4.78, 5) is 4.52. The molecule has 3 heteroatoms. The predicted octanol–water partition coefficient (Wildman–Crippen LogP) is 2.67. The second kappa shape index (κ2) is 5.63. The molecule has 18 heavy (non-hydrogen) atoms. The molecule has 0 aliphatic rings. The van der Waals surface area contributed by atoms with Crippen LogP contribution >= 0.6 is 0 Å². The fourth-order valence-corrected chi connectivity index (χ4v) is 3.60. The summed E-state index contributed by atoms with van der Waals surface area (Å²) < 4.78 is 0. The third kappa shape index (κ3) is 2.97. The van der Waals surface area contributed by atoms with Gasteiger partial charge in [-0.25, -0.2) is 0 Å². The molecule has 0 fully saturated rings. The van der Waals surface area contributed by atoms with Gasteiger partial charge in [0, 0.05) is 6.20 Å². The van der Waals surface area contributed by atoms with Crippen molar-refractivity contribution in [3.05, 3.63) is 42.6 Å². The van der Waals surface area contributed by atoms with Crippen LogP contribution in [0.15, 0.2) is 42.6 Å². The Bertz CT molecular complexity index is 486. The van der Waals surface area contributed by atoms with Crippen molar-refractivity contribution in [3.63, 3.8) is 0 Å². The molecule has 1 aromatic carbocycles. The van der Waals surface area contributed by atoms with Crippen LogP contribution in [0.25, 0.3) is 11.3 Å². The van der Waals surface area contributed by atoms with Crippen LogP contribution in [0.1, 0.15) is 0 Å². The highest BCUT2D eigenvalue weighted by atomic mass is 28.3. The summed E-state index contributed by atoms with van der Waals surface area (Å²) in [7, 11) is -0.790. The lowest BCUT2D eigenvalue weighted by atomic mass is 10.1.